The van der Waals surface area contributed by atoms with Crippen molar-refractivity contribution in [2.45, 2.75) is 4.90 Å². The molecule has 0 N–H and O–H groups in total. The van der Waals surface area contributed by atoms with E-state index >= 15 is 0 Å². The van der Waals surface area contributed by atoms with E-state index in [1.165, 1.54) is 23.9 Å². The van der Waals surface area contributed by atoms with Crippen molar-refractivity contribution in [2.75, 3.05) is 6.26 Å². The maximum absolute atomic E-state index is 13.2. The molecule has 0 radical (unpaired) electrons. The molecule has 0 aliphatic rings. The van der Waals surface area contributed by atoms with E-state index in [1.807, 2.05) is 42.7 Å². The Morgan fingerprint density at radius 2 is 1.75 bits per heavy atom. The van der Waals surface area contributed by atoms with Crippen LogP contribution in [0.5, 0.6) is 11.5 Å². The van der Waals surface area contributed by atoms with E-state index in [9.17, 15) is 4.39 Å². The molecule has 0 heterocycles. The predicted octanol–water partition coefficient (Wildman–Crippen LogP) is 4.34. The molecule has 0 saturated carbocycles. The van der Waals surface area contributed by atoms with Crippen LogP contribution in [0.1, 0.15) is 0 Å². The number of para-hydroxylation sites is 1. The average molecular weight is 234 g/mol. The minimum absolute atomic E-state index is 0.280. The highest BCUT2D eigenvalue weighted by Gasteiger charge is 2.02. The van der Waals surface area contributed by atoms with E-state index in [4.69, 9.17) is 4.74 Å². The Balaban J connectivity index is 2.24. The lowest BCUT2D eigenvalue weighted by Gasteiger charge is -2.06. The van der Waals surface area contributed by atoms with E-state index in [0.29, 0.717) is 11.5 Å². The van der Waals surface area contributed by atoms with Gasteiger partial charge < -0.3 is 4.74 Å². The van der Waals surface area contributed by atoms with Crippen LogP contribution in [0, 0.1) is 5.82 Å². The van der Waals surface area contributed by atoms with Crippen LogP contribution in [-0.4, -0.2) is 6.26 Å². The van der Waals surface area contributed by atoms with Gasteiger partial charge in [-0.25, -0.2) is 4.39 Å². The van der Waals surface area contributed by atoms with Crippen LogP contribution in [0.4, 0.5) is 4.39 Å². The lowest BCUT2D eigenvalue weighted by atomic mass is 10.3. The summed E-state index contributed by atoms with van der Waals surface area (Å²) in [5, 5.41) is 0. The second kappa shape index (κ2) is 5.03. The first-order valence-electron chi connectivity index (χ1n) is 4.85. The van der Waals surface area contributed by atoms with Gasteiger partial charge in [0, 0.05) is 11.0 Å². The maximum atomic E-state index is 13.2. The number of ether oxygens (including phenoxy) is 1. The largest absolute Gasteiger partial charge is 0.457 e. The molecule has 0 aliphatic carbocycles. The fourth-order valence-corrected chi connectivity index (χ4v) is 1.80. The van der Waals surface area contributed by atoms with Crippen molar-refractivity contribution in [2.24, 2.45) is 0 Å². The molecule has 3 heteroatoms. The van der Waals surface area contributed by atoms with Gasteiger partial charge in [0.2, 0.25) is 0 Å². The molecule has 0 unspecified atom stereocenters. The number of thioether (sulfide) groups is 1. The number of halogens is 1. The summed E-state index contributed by atoms with van der Waals surface area (Å²) < 4.78 is 18.8. The molecule has 2 aromatic rings. The summed E-state index contributed by atoms with van der Waals surface area (Å²) in [5.41, 5.74) is 0. The summed E-state index contributed by atoms with van der Waals surface area (Å²) in [6.45, 7) is 0. The highest BCUT2D eigenvalue weighted by atomic mass is 32.2. The molecule has 0 aromatic heterocycles. The molecule has 82 valence electrons. The summed E-state index contributed by atoms with van der Waals surface area (Å²) >= 11 is 1.49. The van der Waals surface area contributed by atoms with Crippen LogP contribution in [0.25, 0.3) is 0 Å². The molecule has 1 nitrogen and oxygen atoms in total. The summed E-state index contributed by atoms with van der Waals surface area (Å²) in [5.74, 6) is 0.952. The number of rotatable bonds is 3. The summed E-state index contributed by atoms with van der Waals surface area (Å²) in [4.78, 5) is 0.853. The van der Waals surface area contributed by atoms with Crippen molar-refractivity contribution in [1.29, 1.82) is 0 Å². The third-order valence-electron chi connectivity index (χ3n) is 2.06. The van der Waals surface area contributed by atoms with Crippen molar-refractivity contribution >= 4 is 11.8 Å². The first-order chi connectivity index (χ1) is 7.78. The summed E-state index contributed by atoms with van der Waals surface area (Å²) in [6.07, 6.45) is 1.90. The highest BCUT2D eigenvalue weighted by Crippen LogP contribution is 2.26. The molecule has 0 saturated heterocycles. The van der Waals surface area contributed by atoms with E-state index in [2.05, 4.69) is 0 Å². The quantitative estimate of drug-likeness (QED) is 0.730. The third-order valence-corrected chi connectivity index (χ3v) is 2.77. The zero-order valence-electron chi connectivity index (χ0n) is 8.81. The predicted molar refractivity (Wildman–Crippen MR) is 64.7 cm³/mol. The van der Waals surface area contributed by atoms with E-state index in [-0.39, 0.29) is 5.82 Å². The standard InChI is InChI=1S/C13H11FOS/c1-16-13-8-10(14)7-12(9-13)15-11-5-3-2-4-6-11/h2-9H,1H3. The topological polar surface area (TPSA) is 9.23 Å². The van der Waals surface area contributed by atoms with Crippen molar-refractivity contribution in [1.82, 2.24) is 0 Å². The van der Waals surface area contributed by atoms with Crippen LogP contribution in [-0.2, 0) is 0 Å². The average Bonchev–Trinajstić information content (AvgIpc) is 2.29. The monoisotopic (exact) mass is 234 g/mol. The third kappa shape index (κ3) is 2.76. The Morgan fingerprint density at radius 3 is 2.44 bits per heavy atom. The van der Waals surface area contributed by atoms with Gasteiger partial charge in [0.1, 0.15) is 17.3 Å². The lowest BCUT2D eigenvalue weighted by molar-refractivity contribution is 0.475. The van der Waals surface area contributed by atoms with Crippen LogP contribution in [0.2, 0.25) is 0 Å². The molecule has 0 spiro atoms. The van der Waals surface area contributed by atoms with Gasteiger partial charge in [0.25, 0.3) is 0 Å². The van der Waals surface area contributed by atoms with Crippen molar-refractivity contribution in [3.63, 3.8) is 0 Å². The van der Waals surface area contributed by atoms with Gasteiger partial charge in [-0.2, -0.15) is 0 Å². The van der Waals surface area contributed by atoms with Gasteiger partial charge in [0.05, 0.1) is 0 Å². The van der Waals surface area contributed by atoms with E-state index < -0.39 is 0 Å². The number of benzene rings is 2. The molecule has 0 bridgehead atoms. The SMILES string of the molecule is CSc1cc(F)cc(Oc2ccccc2)c1. The zero-order valence-corrected chi connectivity index (χ0v) is 9.63. The molecule has 0 fully saturated rings. The van der Waals surface area contributed by atoms with Gasteiger partial charge in [-0.1, -0.05) is 18.2 Å². The van der Waals surface area contributed by atoms with Gasteiger partial charge in [-0.3, -0.25) is 0 Å². The molecule has 2 aromatic carbocycles. The second-order valence-electron chi connectivity index (χ2n) is 3.24. The normalized spacial score (nSPS) is 10.1. The van der Waals surface area contributed by atoms with E-state index in [0.717, 1.165) is 4.90 Å². The first-order valence-corrected chi connectivity index (χ1v) is 6.08. The fraction of sp³-hybridized carbons (Fsp3) is 0.0769. The molecule has 2 rings (SSSR count). The molecule has 0 atom stereocenters. The number of hydrogen-bond acceptors (Lipinski definition) is 2. The van der Waals surface area contributed by atoms with Crippen LogP contribution < -0.4 is 4.74 Å². The Labute approximate surface area is 98.3 Å². The molecular weight excluding hydrogens is 223 g/mol. The minimum Gasteiger partial charge on any atom is -0.457 e. The summed E-state index contributed by atoms with van der Waals surface area (Å²) in [6, 6.07) is 14.0. The minimum atomic E-state index is -0.280. The van der Waals surface area contributed by atoms with Gasteiger partial charge in [-0.05, 0) is 30.5 Å². The Hall–Kier alpha value is -1.48. The smallest absolute Gasteiger partial charge is 0.131 e. The van der Waals surface area contributed by atoms with Crippen LogP contribution in [0.3, 0.4) is 0 Å². The van der Waals surface area contributed by atoms with Crippen LogP contribution >= 0.6 is 11.8 Å². The highest BCUT2D eigenvalue weighted by molar-refractivity contribution is 7.98. The number of hydrogen-bond donors (Lipinski definition) is 0. The molecular formula is C13H11FOS. The Kier molecular flexibility index (Phi) is 3.47. The molecule has 0 amide bonds. The molecule has 0 aliphatic heterocycles. The lowest BCUT2D eigenvalue weighted by Crippen LogP contribution is -1.86. The summed E-state index contributed by atoms with van der Waals surface area (Å²) in [7, 11) is 0. The van der Waals surface area contributed by atoms with Crippen LogP contribution in [0.15, 0.2) is 53.4 Å². The van der Waals surface area contributed by atoms with Crippen molar-refractivity contribution in [3.8, 4) is 11.5 Å². The fourth-order valence-electron chi connectivity index (χ4n) is 1.34. The second-order valence-corrected chi connectivity index (χ2v) is 4.12. The van der Waals surface area contributed by atoms with Gasteiger partial charge in [0.15, 0.2) is 0 Å². The van der Waals surface area contributed by atoms with E-state index in [1.54, 1.807) is 0 Å². The van der Waals surface area contributed by atoms with Gasteiger partial charge in [-0.15, -0.1) is 11.8 Å². The maximum Gasteiger partial charge on any atom is 0.131 e. The Bertz CT molecular complexity index is 471. The van der Waals surface area contributed by atoms with Crippen molar-refractivity contribution in [3.05, 3.63) is 54.3 Å². The van der Waals surface area contributed by atoms with Crippen molar-refractivity contribution < 1.29 is 9.13 Å². The molecule has 16 heavy (non-hydrogen) atoms. The van der Waals surface area contributed by atoms with Gasteiger partial charge >= 0.3 is 0 Å². The zero-order chi connectivity index (χ0) is 11.4. The Morgan fingerprint density at radius 1 is 1.00 bits per heavy atom. The first kappa shape index (κ1) is 11.0.